The van der Waals surface area contributed by atoms with E-state index in [0.717, 1.165) is 37.9 Å². The molecule has 3 rings (SSSR count). The number of aryl methyl sites for hydroxylation is 1. The molecule has 2 aromatic rings. The Morgan fingerprint density at radius 3 is 2.37 bits per heavy atom. The van der Waals surface area contributed by atoms with Crippen LogP contribution in [0.1, 0.15) is 44.6 Å². The summed E-state index contributed by atoms with van der Waals surface area (Å²) < 4.78 is 30.3. The van der Waals surface area contributed by atoms with Crippen molar-refractivity contribution in [2.45, 2.75) is 56.5 Å². The third-order valence-corrected chi connectivity index (χ3v) is 7.10. The van der Waals surface area contributed by atoms with Gasteiger partial charge >= 0.3 is 0 Å². The van der Waals surface area contributed by atoms with Crippen LogP contribution in [-0.4, -0.2) is 53.2 Å². The van der Waals surface area contributed by atoms with E-state index in [1.807, 2.05) is 16.7 Å². The van der Waals surface area contributed by atoms with Gasteiger partial charge < -0.3 is 9.88 Å². The molecule has 7 nitrogen and oxygen atoms in total. The second kappa shape index (κ2) is 8.95. The van der Waals surface area contributed by atoms with Crippen LogP contribution in [0, 0.1) is 0 Å². The van der Waals surface area contributed by atoms with Crippen LogP contribution in [-0.2, 0) is 16.6 Å². The zero-order valence-electron chi connectivity index (χ0n) is 16.1. The molecule has 0 bridgehead atoms. The first kappa shape index (κ1) is 20.0. The number of nitrogens with one attached hydrogen (secondary N) is 1. The lowest BCUT2D eigenvalue weighted by Crippen LogP contribution is -2.46. The fraction of sp³-hybridized carbons (Fsp3) is 0.579. The van der Waals surface area contributed by atoms with Gasteiger partial charge in [-0.05, 0) is 56.0 Å². The lowest BCUT2D eigenvalue weighted by Gasteiger charge is -2.34. The molecular formula is C19H29N5O2S. The molecule has 1 N–H and O–H groups in total. The zero-order chi connectivity index (χ0) is 19.3. The number of benzene rings is 1. The topological polar surface area (TPSA) is 80.1 Å². The first-order chi connectivity index (χ1) is 13.0. The third-order valence-electron chi connectivity index (χ3n) is 5.13. The maximum atomic E-state index is 13.4. The SMILES string of the molecule is CC(C)c1ccc(S(=O)(=O)N(CCCn2cnnc2)C2CCNCC2)cc1. The fourth-order valence-corrected chi connectivity index (χ4v) is 5.22. The minimum Gasteiger partial charge on any atom is -0.320 e. The van der Waals surface area contributed by atoms with E-state index < -0.39 is 10.0 Å². The van der Waals surface area contributed by atoms with E-state index in [9.17, 15) is 8.42 Å². The van der Waals surface area contributed by atoms with E-state index in [2.05, 4.69) is 29.4 Å². The molecule has 0 radical (unpaired) electrons. The van der Waals surface area contributed by atoms with Crippen molar-refractivity contribution >= 4 is 10.0 Å². The first-order valence-corrected chi connectivity index (χ1v) is 11.1. The van der Waals surface area contributed by atoms with Crippen molar-refractivity contribution < 1.29 is 8.42 Å². The van der Waals surface area contributed by atoms with Gasteiger partial charge in [-0.25, -0.2) is 8.42 Å². The minimum atomic E-state index is -3.52. The van der Waals surface area contributed by atoms with Crippen molar-refractivity contribution in [1.82, 2.24) is 24.4 Å². The molecular weight excluding hydrogens is 362 g/mol. The molecule has 0 aliphatic carbocycles. The smallest absolute Gasteiger partial charge is 0.243 e. The average Bonchev–Trinajstić information content (AvgIpc) is 3.19. The van der Waals surface area contributed by atoms with E-state index in [0.29, 0.717) is 23.9 Å². The Labute approximate surface area is 161 Å². The van der Waals surface area contributed by atoms with Gasteiger partial charge in [-0.3, -0.25) is 0 Å². The summed E-state index contributed by atoms with van der Waals surface area (Å²) in [7, 11) is -3.52. The molecule has 0 unspecified atom stereocenters. The maximum absolute atomic E-state index is 13.4. The molecule has 1 saturated heterocycles. The van der Waals surface area contributed by atoms with Crippen LogP contribution in [0.5, 0.6) is 0 Å². The molecule has 1 aromatic carbocycles. The van der Waals surface area contributed by atoms with Gasteiger partial charge in [0.15, 0.2) is 0 Å². The largest absolute Gasteiger partial charge is 0.320 e. The molecule has 1 aromatic heterocycles. The van der Waals surface area contributed by atoms with Crippen LogP contribution in [0.25, 0.3) is 0 Å². The van der Waals surface area contributed by atoms with Crippen LogP contribution in [0.15, 0.2) is 41.8 Å². The van der Waals surface area contributed by atoms with Gasteiger partial charge in [0.05, 0.1) is 4.90 Å². The molecule has 1 aliphatic heterocycles. The number of hydrogen-bond donors (Lipinski definition) is 1. The second-order valence-corrected chi connectivity index (χ2v) is 9.26. The van der Waals surface area contributed by atoms with Gasteiger partial charge in [-0.2, -0.15) is 4.31 Å². The van der Waals surface area contributed by atoms with Crippen molar-refractivity contribution in [3.05, 3.63) is 42.5 Å². The highest BCUT2D eigenvalue weighted by atomic mass is 32.2. The summed E-state index contributed by atoms with van der Waals surface area (Å²) in [6, 6.07) is 7.39. The molecule has 1 fully saturated rings. The lowest BCUT2D eigenvalue weighted by molar-refractivity contribution is 0.256. The van der Waals surface area contributed by atoms with E-state index >= 15 is 0 Å². The Balaban J connectivity index is 1.78. The van der Waals surface area contributed by atoms with Gasteiger partial charge in [0.1, 0.15) is 12.7 Å². The highest BCUT2D eigenvalue weighted by molar-refractivity contribution is 7.89. The molecule has 8 heteroatoms. The van der Waals surface area contributed by atoms with Crippen molar-refractivity contribution in [2.75, 3.05) is 19.6 Å². The highest BCUT2D eigenvalue weighted by Crippen LogP contribution is 2.25. The fourth-order valence-electron chi connectivity index (χ4n) is 3.50. The van der Waals surface area contributed by atoms with Crippen molar-refractivity contribution in [3.63, 3.8) is 0 Å². The zero-order valence-corrected chi connectivity index (χ0v) is 16.9. The predicted molar refractivity (Wildman–Crippen MR) is 105 cm³/mol. The number of aromatic nitrogens is 3. The maximum Gasteiger partial charge on any atom is 0.243 e. The highest BCUT2D eigenvalue weighted by Gasteiger charge is 2.32. The second-order valence-electron chi connectivity index (χ2n) is 7.37. The van der Waals surface area contributed by atoms with E-state index in [1.165, 1.54) is 0 Å². The summed E-state index contributed by atoms with van der Waals surface area (Å²) in [6.07, 6.45) is 5.74. The van der Waals surface area contributed by atoms with Gasteiger partial charge in [0.2, 0.25) is 10.0 Å². The molecule has 0 atom stereocenters. The van der Waals surface area contributed by atoms with Crippen LogP contribution in [0.4, 0.5) is 0 Å². The molecule has 27 heavy (non-hydrogen) atoms. The summed E-state index contributed by atoms with van der Waals surface area (Å²) in [4.78, 5) is 0.384. The number of nitrogens with zero attached hydrogens (tertiary/aromatic N) is 4. The number of hydrogen-bond acceptors (Lipinski definition) is 5. The van der Waals surface area contributed by atoms with Gasteiger partial charge in [0, 0.05) is 19.1 Å². The predicted octanol–water partition coefficient (Wildman–Crippen LogP) is 2.23. The molecule has 0 saturated carbocycles. The first-order valence-electron chi connectivity index (χ1n) is 9.63. The monoisotopic (exact) mass is 391 g/mol. The Bertz CT molecular complexity index is 797. The Kier molecular flexibility index (Phi) is 6.62. The summed E-state index contributed by atoms with van der Waals surface area (Å²) in [5.74, 6) is 0.381. The summed E-state index contributed by atoms with van der Waals surface area (Å²) in [5.41, 5.74) is 1.15. The van der Waals surface area contributed by atoms with Crippen molar-refractivity contribution in [1.29, 1.82) is 0 Å². The van der Waals surface area contributed by atoms with Crippen molar-refractivity contribution in [3.8, 4) is 0 Å². The van der Waals surface area contributed by atoms with Gasteiger partial charge in [-0.1, -0.05) is 26.0 Å². The molecule has 0 spiro atoms. The molecule has 2 heterocycles. The summed E-state index contributed by atoms with van der Waals surface area (Å²) >= 11 is 0. The van der Waals surface area contributed by atoms with E-state index in [1.54, 1.807) is 29.1 Å². The number of rotatable bonds is 8. The normalized spacial score (nSPS) is 16.3. The molecule has 0 amide bonds. The van der Waals surface area contributed by atoms with Crippen LogP contribution in [0.2, 0.25) is 0 Å². The van der Waals surface area contributed by atoms with Crippen LogP contribution in [0.3, 0.4) is 0 Å². The lowest BCUT2D eigenvalue weighted by atomic mass is 10.0. The Hall–Kier alpha value is -1.77. The van der Waals surface area contributed by atoms with E-state index in [4.69, 9.17) is 0 Å². The van der Waals surface area contributed by atoms with Crippen molar-refractivity contribution in [2.24, 2.45) is 0 Å². The summed E-state index contributed by atoms with van der Waals surface area (Å²) in [6.45, 7) is 7.13. The summed E-state index contributed by atoms with van der Waals surface area (Å²) in [5, 5.41) is 10.9. The minimum absolute atomic E-state index is 0.0435. The quantitative estimate of drug-likeness (QED) is 0.746. The van der Waals surface area contributed by atoms with Gasteiger partial charge in [-0.15, -0.1) is 10.2 Å². The standard InChI is InChI=1S/C19H29N5O2S/c1-16(2)17-4-6-19(7-5-17)27(25,26)24(18-8-10-20-11-9-18)13-3-12-23-14-21-22-15-23/h4-7,14-16,18,20H,3,8-13H2,1-2H3. The number of sulfonamides is 1. The van der Waals surface area contributed by atoms with Gasteiger partial charge in [0.25, 0.3) is 0 Å². The van der Waals surface area contributed by atoms with E-state index in [-0.39, 0.29) is 6.04 Å². The number of piperidine rings is 1. The van der Waals surface area contributed by atoms with Crippen LogP contribution >= 0.6 is 0 Å². The Morgan fingerprint density at radius 2 is 1.78 bits per heavy atom. The Morgan fingerprint density at radius 1 is 1.15 bits per heavy atom. The molecule has 1 aliphatic rings. The molecule has 148 valence electrons. The average molecular weight is 392 g/mol. The van der Waals surface area contributed by atoms with Crippen LogP contribution < -0.4 is 5.32 Å². The third kappa shape index (κ3) is 4.94.